The normalized spacial score (nSPS) is 14.3. The topological polar surface area (TPSA) is 268 Å². The summed E-state index contributed by atoms with van der Waals surface area (Å²) >= 11 is 3.79. The number of aliphatic carboxylic acids is 3. The Hall–Kier alpha value is -3.40. The molecular formula is C15H23N5O10S. The molecule has 0 unspecified atom stereocenters. The molecule has 0 fully saturated rings. The van der Waals surface area contributed by atoms with E-state index >= 15 is 0 Å². The number of rotatable bonds is 14. The first-order valence-corrected chi connectivity index (χ1v) is 9.13. The van der Waals surface area contributed by atoms with E-state index in [0.717, 1.165) is 0 Å². The van der Waals surface area contributed by atoms with Crippen LogP contribution in [0.2, 0.25) is 0 Å². The monoisotopic (exact) mass is 465 g/mol. The molecule has 10 N–H and O–H groups in total. The summed E-state index contributed by atoms with van der Waals surface area (Å²) in [5.41, 5.74) is 10.4. The van der Waals surface area contributed by atoms with Gasteiger partial charge in [0.25, 0.3) is 0 Å². The summed E-state index contributed by atoms with van der Waals surface area (Å²) in [6.07, 6.45) is -2.85. The van der Waals surface area contributed by atoms with Gasteiger partial charge in [0.2, 0.25) is 23.6 Å². The average molecular weight is 465 g/mol. The maximum Gasteiger partial charge on any atom is 0.305 e. The van der Waals surface area contributed by atoms with Crippen LogP contribution in [0.15, 0.2) is 0 Å². The van der Waals surface area contributed by atoms with Crippen molar-refractivity contribution in [2.75, 3.05) is 5.75 Å². The minimum absolute atomic E-state index is 0.130. The second-order valence-corrected chi connectivity index (χ2v) is 6.53. The lowest BCUT2D eigenvalue weighted by Crippen LogP contribution is -2.58. The zero-order valence-corrected chi connectivity index (χ0v) is 16.8. The molecular weight excluding hydrogens is 442 g/mol. The van der Waals surface area contributed by atoms with Gasteiger partial charge >= 0.3 is 17.9 Å². The summed E-state index contributed by atoms with van der Waals surface area (Å²) in [5, 5.41) is 32.5. The first-order chi connectivity index (χ1) is 14.3. The van der Waals surface area contributed by atoms with Crippen LogP contribution in [0.4, 0.5) is 0 Å². The lowest BCUT2D eigenvalue weighted by molar-refractivity contribution is -0.144. The van der Waals surface area contributed by atoms with Crippen LogP contribution in [0.1, 0.15) is 19.3 Å². The van der Waals surface area contributed by atoms with Gasteiger partial charge < -0.3 is 42.7 Å². The van der Waals surface area contributed by atoms with E-state index in [0.29, 0.717) is 0 Å². The number of hydrogen-bond donors (Lipinski definition) is 9. The van der Waals surface area contributed by atoms with Crippen LogP contribution in [0.3, 0.4) is 0 Å². The van der Waals surface area contributed by atoms with Gasteiger partial charge in [-0.25, -0.2) is 0 Å². The molecule has 4 amide bonds. The predicted octanol–water partition coefficient (Wildman–Crippen LogP) is -4.39. The number of carbonyl (C=O) groups is 7. The Bertz CT molecular complexity index is 746. The highest BCUT2D eigenvalue weighted by molar-refractivity contribution is 7.80. The van der Waals surface area contributed by atoms with Crippen molar-refractivity contribution < 1.29 is 48.9 Å². The summed E-state index contributed by atoms with van der Waals surface area (Å²) in [5.74, 6) is -9.35. The minimum atomic E-state index is -1.85. The van der Waals surface area contributed by atoms with Gasteiger partial charge in [-0.2, -0.15) is 12.6 Å². The fourth-order valence-corrected chi connectivity index (χ4v) is 2.24. The molecule has 0 aliphatic heterocycles. The van der Waals surface area contributed by atoms with E-state index < -0.39 is 85.0 Å². The number of carboxylic acids is 3. The third-order valence-electron chi connectivity index (χ3n) is 3.60. The van der Waals surface area contributed by atoms with Crippen LogP contribution in [0.5, 0.6) is 0 Å². The maximum atomic E-state index is 12.4. The van der Waals surface area contributed by atoms with Crippen molar-refractivity contribution in [3.05, 3.63) is 0 Å². The third-order valence-corrected chi connectivity index (χ3v) is 3.99. The van der Waals surface area contributed by atoms with Gasteiger partial charge in [0.1, 0.15) is 18.1 Å². The number of primary amides is 1. The van der Waals surface area contributed by atoms with Crippen molar-refractivity contribution in [3.8, 4) is 0 Å². The molecule has 0 bridgehead atoms. The Kier molecular flexibility index (Phi) is 11.6. The van der Waals surface area contributed by atoms with E-state index in [1.54, 1.807) is 0 Å². The number of carboxylic acid groups (broad SMARTS) is 3. The Morgan fingerprint density at radius 1 is 0.677 bits per heavy atom. The van der Waals surface area contributed by atoms with Gasteiger partial charge in [-0.1, -0.05) is 0 Å². The smallest absolute Gasteiger partial charge is 0.305 e. The molecule has 16 heteroatoms. The van der Waals surface area contributed by atoms with E-state index in [-0.39, 0.29) is 5.75 Å². The molecule has 0 saturated heterocycles. The van der Waals surface area contributed by atoms with Crippen LogP contribution >= 0.6 is 12.6 Å². The average Bonchev–Trinajstić information content (AvgIpc) is 2.64. The van der Waals surface area contributed by atoms with Crippen molar-refractivity contribution in [3.63, 3.8) is 0 Å². The van der Waals surface area contributed by atoms with Crippen molar-refractivity contribution in [1.29, 1.82) is 0 Å². The van der Waals surface area contributed by atoms with Gasteiger partial charge in [0.05, 0.1) is 25.3 Å². The van der Waals surface area contributed by atoms with Gasteiger partial charge in [-0.05, 0) is 0 Å². The number of carbonyl (C=O) groups excluding carboxylic acids is 4. The third kappa shape index (κ3) is 10.8. The van der Waals surface area contributed by atoms with Gasteiger partial charge in [0.15, 0.2) is 0 Å². The standard InChI is InChI=1S/C15H23N5O10S/c16-5(4-31)13(28)19-7(2-10(23)24)15(30)20-8(3-11(25)26)14(29)18-6(12(17)27)1-9(21)22/h5-8,31H,1-4,16H2,(H2,17,27)(H,18,29)(H,19,28)(H,20,30)(H,21,22)(H,23,24)(H,25,26)/t5-,6-,7-,8-/m0/s1. The van der Waals surface area contributed by atoms with E-state index in [2.05, 4.69) is 12.6 Å². The maximum absolute atomic E-state index is 12.4. The summed E-state index contributed by atoms with van der Waals surface area (Å²) in [7, 11) is 0. The van der Waals surface area contributed by atoms with Crippen molar-refractivity contribution in [1.82, 2.24) is 16.0 Å². The lowest BCUT2D eigenvalue weighted by Gasteiger charge is -2.23. The van der Waals surface area contributed by atoms with Gasteiger partial charge in [0, 0.05) is 5.75 Å². The molecule has 0 heterocycles. The highest BCUT2D eigenvalue weighted by Crippen LogP contribution is 2.01. The van der Waals surface area contributed by atoms with Crippen LogP contribution < -0.4 is 27.4 Å². The molecule has 0 aromatic rings. The zero-order valence-electron chi connectivity index (χ0n) is 15.9. The zero-order chi connectivity index (χ0) is 24.3. The van der Waals surface area contributed by atoms with Crippen molar-refractivity contribution >= 4 is 54.2 Å². The number of thiol groups is 1. The molecule has 0 spiro atoms. The summed E-state index contributed by atoms with van der Waals surface area (Å²) in [6.45, 7) is 0. The molecule has 31 heavy (non-hydrogen) atoms. The van der Waals surface area contributed by atoms with Crippen LogP contribution in [0.25, 0.3) is 0 Å². The Morgan fingerprint density at radius 3 is 1.32 bits per heavy atom. The first kappa shape index (κ1) is 27.6. The van der Waals surface area contributed by atoms with Crippen LogP contribution in [-0.4, -0.2) is 86.8 Å². The first-order valence-electron chi connectivity index (χ1n) is 8.50. The summed E-state index contributed by atoms with van der Waals surface area (Å²) in [6, 6.07) is -6.47. The molecule has 0 radical (unpaired) electrons. The fraction of sp³-hybridized carbons (Fsp3) is 0.533. The quantitative estimate of drug-likeness (QED) is 0.110. The highest BCUT2D eigenvalue weighted by atomic mass is 32.1. The molecule has 0 rings (SSSR count). The second kappa shape index (κ2) is 13.0. The predicted molar refractivity (Wildman–Crippen MR) is 104 cm³/mol. The molecule has 15 nitrogen and oxygen atoms in total. The van der Waals surface area contributed by atoms with E-state index in [9.17, 15) is 33.6 Å². The number of hydrogen-bond acceptors (Lipinski definition) is 9. The molecule has 0 aromatic carbocycles. The van der Waals surface area contributed by atoms with Crippen molar-refractivity contribution in [2.24, 2.45) is 11.5 Å². The molecule has 0 saturated carbocycles. The number of nitrogens with one attached hydrogen (secondary N) is 3. The largest absolute Gasteiger partial charge is 0.481 e. The molecule has 4 atom stereocenters. The summed E-state index contributed by atoms with van der Waals surface area (Å²) in [4.78, 5) is 80.7. The molecule has 0 aliphatic carbocycles. The Morgan fingerprint density at radius 2 is 1.00 bits per heavy atom. The fourth-order valence-electron chi connectivity index (χ4n) is 2.07. The van der Waals surface area contributed by atoms with Gasteiger partial charge in [-0.3, -0.25) is 33.6 Å². The SMILES string of the molecule is NC(=O)[C@H](CC(=O)O)NC(=O)[C@H](CC(=O)O)NC(=O)[C@H](CC(=O)O)NC(=O)[C@@H](N)CS. The number of amides is 4. The van der Waals surface area contributed by atoms with Crippen LogP contribution in [0, 0.1) is 0 Å². The van der Waals surface area contributed by atoms with E-state index in [4.69, 9.17) is 26.8 Å². The summed E-state index contributed by atoms with van der Waals surface area (Å²) < 4.78 is 0. The minimum Gasteiger partial charge on any atom is -0.481 e. The van der Waals surface area contributed by atoms with Crippen LogP contribution in [-0.2, 0) is 33.6 Å². The Labute approximate surface area is 180 Å². The highest BCUT2D eigenvalue weighted by Gasteiger charge is 2.32. The van der Waals surface area contributed by atoms with Crippen molar-refractivity contribution in [2.45, 2.75) is 43.4 Å². The second-order valence-electron chi connectivity index (χ2n) is 6.17. The Balaban J connectivity index is 5.53. The molecule has 0 aromatic heterocycles. The van der Waals surface area contributed by atoms with E-state index in [1.165, 1.54) is 0 Å². The van der Waals surface area contributed by atoms with Gasteiger partial charge in [-0.15, -0.1) is 0 Å². The number of nitrogens with two attached hydrogens (primary N) is 2. The van der Waals surface area contributed by atoms with E-state index in [1.807, 2.05) is 16.0 Å². The molecule has 174 valence electrons. The lowest BCUT2D eigenvalue weighted by atomic mass is 10.1. The molecule has 0 aliphatic rings.